The van der Waals surface area contributed by atoms with Crippen molar-refractivity contribution in [3.63, 3.8) is 0 Å². The van der Waals surface area contributed by atoms with Crippen molar-refractivity contribution in [2.75, 3.05) is 0 Å². The molecule has 29 heavy (non-hydrogen) atoms. The lowest BCUT2D eigenvalue weighted by Gasteiger charge is -2.19. The van der Waals surface area contributed by atoms with E-state index >= 15 is 0 Å². The van der Waals surface area contributed by atoms with Crippen molar-refractivity contribution in [3.8, 4) is 0 Å². The smallest absolute Gasteiger partial charge is 0.0809 e. The first-order valence-electron chi connectivity index (χ1n) is 7.22. The second kappa shape index (κ2) is 9.34. The summed E-state index contributed by atoms with van der Waals surface area (Å²) in [5.74, 6) is 0. The molecule has 0 saturated heterocycles. The first kappa shape index (κ1) is 25.0. The van der Waals surface area contributed by atoms with Gasteiger partial charge in [-0.25, -0.2) is 0 Å². The van der Waals surface area contributed by atoms with Gasteiger partial charge in [0.1, 0.15) is 0 Å². The lowest BCUT2D eigenvalue weighted by molar-refractivity contribution is 1.21. The van der Waals surface area contributed by atoms with E-state index < -0.39 is 0 Å². The van der Waals surface area contributed by atoms with Crippen LogP contribution in [0.3, 0.4) is 0 Å². The first-order valence-corrected chi connectivity index (χ1v) is 11.8. The normalized spacial score (nSPS) is 11.6. The fraction of sp³-hybridized carbons (Fsp3) is 0.0588. The van der Waals surface area contributed by atoms with E-state index in [-0.39, 0.29) is 72.1 Å². The minimum atomic E-state index is 0.00844. The van der Waals surface area contributed by atoms with E-state index in [0.717, 1.165) is 0 Å². The minimum Gasteiger partial charge on any atom is -0.0823 e. The van der Waals surface area contributed by atoms with Crippen LogP contribution in [0, 0.1) is 0 Å². The summed E-state index contributed by atoms with van der Waals surface area (Å²) in [4.78, 5) is 0. The molecular weight excluding hydrogens is 630 g/mol. The van der Waals surface area contributed by atoms with Crippen LogP contribution in [-0.4, -0.2) is 0 Å². The zero-order valence-corrected chi connectivity index (χ0v) is 22.3. The van der Waals surface area contributed by atoms with Crippen LogP contribution in [0.1, 0.15) is 11.1 Å². The molecule has 3 rings (SSSR count). The Labute approximate surface area is 225 Å². The summed E-state index contributed by atoms with van der Waals surface area (Å²) in [6, 6.07) is 0. The molecule has 0 radical (unpaired) electrons. The number of hydrogen-bond acceptors (Lipinski definition) is 0. The molecule has 3 aromatic carbocycles. The summed E-state index contributed by atoms with van der Waals surface area (Å²) in [7, 11) is 0. The van der Waals surface area contributed by atoms with Gasteiger partial charge in [0.2, 0.25) is 0 Å². The molecule has 0 heterocycles. The Hall–Kier alpha value is 1.40. The van der Waals surface area contributed by atoms with Gasteiger partial charge in [-0.3, -0.25) is 0 Å². The van der Waals surface area contributed by atoms with Gasteiger partial charge in [0.05, 0.1) is 60.3 Å². The summed E-state index contributed by atoms with van der Waals surface area (Å²) < 4.78 is 0. The number of halogens is 12. The molecule has 0 atom stereocenters. The Kier molecular flexibility index (Phi) is 8.06. The molecule has 0 saturated carbocycles. The van der Waals surface area contributed by atoms with Gasteiger partial charge >= 0.3 is 0 Å². The van der Waals surface area contributed by atoms with Crippen LogP contribution < -0.4 is 0 Å². The van der Waals surface area contributed by atoms with Crippen LogP contribution in [0.25, 0.3) is 10.8 Å². The number of fused-ring (bicyclic) bond motifs is 1. The summed E-state index contributed by atoms with van der Waals surface area (Å²) in [5, 5.41) is 1.22. The monoisotopic (exact) mass is 626 g/mol. The van der Waals surface area contributed by atoms with Crippen molar-refractivity contribution < 1.29 is 0 Å². The lowest BCUT2D eigenvalue weighted by Crippen LogP contribution is -1.99. The highest BCUT2D eigenvalue weighted by molar-refractivity contribution is 6.59. The van der Waals surface area contributed by atoms with Crippen LogP contribution in [0.4, 0.5) is 0 Å². The van der Waals surface area contributed by atoms with Crippen molar-refractivity contribution in [1.29, 1.82) is 0 Å². The van der Waals surface area contributed by atoms with Gasteiger partial charge in [0.15, 0.2) is 0 Å². The molecule has 0 N–H and O–H groups in total. The van der Waals surface area contributed by atoms with E-state index in [1.54, 1.807) is 0 Å². The maximum absolute atomic E-state index is 6.49. The van der Waals surface area contributed by atoms with Gasteiger partial charge in [-0.05, 0) is 11.1 Å². The van der Waals surface area contributed by atoms with Crippen molar-refractivity contribution in [2.45, 2.75) is 6.42 Å². The first-order chi connectivity index (χ1) is 13.4. The Morgan fingerprint density at radius 1 is 0.276 bits per heavy atom. The summed E-state index contributed by atoms with van der Waals surface area (Å²) in [6.07, 6.45) is 0.00844. The average molecular weight is 632 g/mol. The lowest BCUT2D eigenvalue weighted by atomic mass is 9.97. The Balaban J connectivity index is 2.47. The molecule has 0 bridgehead atoms. The zero-order chi connectivity index (χ0) is 21.9. The topological polar surface area (TPSA) is 0 Å². The molecule has 0 fully saturated rings. The van der Waals surface area contributed by atoms with Gasteiger partial charge in [0, 0.05) is 17.2 Å². The minimum absolute atomic E-state index is 0.00844. The molecule has 0 nitrogen and oxygen atoms in total. The van der Waals surface area contributed by atoms with Gasteiger partial charge in [-0.15, -0.1) is 0 Å². The van der Waals surface area contributed by atoms with Gasteiger partial charge in [-0.2, -0.15) is 0 Å². The molecule has 0 spiro atoms. The van der Waals surface area contributed by atoms with Crippen molar-refractivity contribution >= 4 is 150 Å². The second-order valence-corrected chi connectivity index (χ2v) is 10.2. The van der Waals surface area contributed by atoms with Crippen LogP contribution in [0.15, 0.2) is 0 Å². The van der Waals surface area contributed by atoms with E-state index in [0.29, 0.717) is 16.5 Å². The molecule has 154 valence electrons. The van der Waals surface area contributed by atoms with Gasteiger partial charge < -0.3 is 0 Å². The van der Waals surface area contributed by atoms with Crippen molar-refractivity contribution in [2.24, 2.45) is 0 Å². The number of rotatable bonds is 2. The largest absolute Gasteiger partial charge is 0.0823 e. The van der Waals surface area contributed by atoms with Gasteiger partial charge in [0.25, 0.3) is 0 Å². The number of benzene rings is 3. The quantitative estimate of drug-likeness (QED) is 0.195. The fourth-order valence-corrected chi connectivity index (χ4v) is 5.93. The SMILES string of the molecule is Clc1c(Cl)c(Cl)c(Cc2c(Cl)c(Cl)c(Cl)c3c(Cl)c(Cl)c(Cl)c(Cl)c23)c(Cl)c1Cl. The third-order valence-corrected chi connectivity index (χ3v) is 9.62. The van der Waals surface area contributed by atoms with Gasteiger partial charge in [-0.1, -0.05) is 139 Å². The maximum atomic E-state index is 6.49. The summed E-state index contributed by atoms with van der Waals surface area (Å²) >= 11 is 75.5. The molecular formula is C17H2Cl12. The third kappa shape index (κ3) is 4.10. The predicted molar refractivity (Wildman–Crippen MR) is 133 cm³/mol. The average Bonchev–Trinajstić information content (AvgIpc) is 2.70. The van der Waals surface area contributed by atoms with E-state index in [4.69, 9.17) is 139 Å². The van der Waals surface area contributed by atoms with Crippen LogP contribution in [0.2, 0.25) is 60.3 Å². The molecule has 3 aromatic rings. The van der Waals surface area contributed by atoms with E-state index in [1.807, 2.05) is 0 Å². The van der Waals surface area contributed by atoms with E-state index in [1.165, 1.54) is 0 Å². The fourth-order valence-electron chi connectivity index (χ4n) is 2.72. The maximum Gasteiger partial charge on any atom is 0.0809 e. The summed E-state index contributed by atoms with van der Waals surface area (Å²) in [6.45, 7) is 0. The van der Waals surface area contributed by atoms with E-state index in [2.05, 4.69) is 0 Å². The van der Waals surface area contributed by atoms with E-state index in [9.17, 15) is 0 Å². The number of hydrogen-bond donors (Lipinski definition) is 0. The van der Waals surface area contributed by atoms with Crippen molar-refractivity contribution in [1.82, 2.24) is 0 Å². The molecule has 0 unspecified atom stereocenters. The summed E-state index contributed by atoms with van der Waals surface area (Å²) in [5.41, 5.74) is 0.729. The van der Waals surface area contributed by atoms with Crippen LogP contribution in [-0.2, 0) is 6.42 Å². The van der Waals surface area contributed by atoms with Crippen molar-refractivity contribution in [3.05, 3.63) is 71.4 Å². The Morgan fingerprint density at radius 3 is 1.00 bits per heavy atom. The molecule has 0 aliphatic carbocycles. The zero-order valence-electron chi connectivity index (χ0n) is 13.2. The predicted octanol–water partition coefficient (Wildman–Crippen LogP) is 12.3. The standard InChI is InChI=1S/C17H2Cl12/c18-6-2(1-3-7(19)13(25)17(29)14(26)8(3)20)4-5(10(22)12(6)24)11(23)16(28)15(27)9(4)21/h1H2. The van der Waals surface area contributed by atoms with Crippen LogP contribution >= 0.6 is 139 Å². The molecule has 12 heteroatoms. The highest BCUT2D eigenvalue weighted by Crippen LogP contribution is 2.52. The molecule has 0 aromatic heterocycles. The highest BCUT2D eigenvalue weighted by atomic mass is 35.5. The molecule has 0 amide bonds. The highest BCUT2D eigenvalue weighted by Gasteiger charge is 2.27. The Bertz CT molecular complexity index is 1160. The second-order valence-electron chi connectivity index (χ2n) is 5.65. The third-order valence-electron chi connectivity index (χ3n) is 4.09. The Morgan fingerprint density at radius 2 is 0.552 bits per heavy atom. The van der Waals surface area contributed by atoms with Crippen LogP contribution in [0.5, 0.6) is 0 Å². The molecule has 0 aliphatic heterocycles. The molecule has 0 aliphatic rings.